The Hall–Kier alpha value is -0.860. The lowest BCUT2D eigenvalue weighted by Gasteiger charge is -2.16. The maximum absolute atomic E-state index is 5.83. The van der Waals surface area contributed by atoms with Gasteiger partial charge < -0.3 is 10.5 Å². The van der Waals surface area contributed by atoms with Crippen molar-refractivity contribution in [3.05, 3.63) is 35.4 Å². The van der Waals surface area contributed by atoms with Gasteiger partial charge in [0.15, 0.2) is 0 Å². The zero-order chi connectivity index (χ0) is 12.7. The van der Waals surface area contributed by atoms with Gasteiger partial charge in [-0.3, -0.25) is 0 Å². The second kappa shape index (κ2) is 7.46. The van der Waals surface area contributed by atoms with Crippen molar-refractivity contribution >= 4 is 0 Å². The molecule has 0 spiro atoms. The topological polar surface area (TPSA) is 35.2 Å². The maximum atomic E-state index is 5.83. The van der Waals surface area contributed by atoms with E-state index in [1.54, 1.807) is 0 Å². The SMILES string of the molecule is Cc1ccc(C(CN)CCOCC(C)C)cc1. The molecule has 1 aromatic carbocycles. The van der Waals surface area contributed by atoms with E-state index in [0.717, 1.165) is 19.6 Å². The number of hydrogen-bond donors (Lipinski definition) is 1. The molecule has 1 unspecified atom stereocenters. The van der Waals surface area contributed by atoms with Gasteiger partial charge in [0.2, 0.25) is 0 Å². The second-order valence-corrected chi connectivity index (χ2v) is 5.10. The monoisotopic (exact) mass is 235 g/mol. The lowest BCUT2D eigenvalue weighted by atomic mass is 9.95. The molecule has 0 aliphatic rings. The Morgan fingerprint density at radius 1 is 1.18 bits per heavy atom. The zero-order valence-electron chi connectivity index (χ0n) is 11.3. The molecule has 1 aromatic rings. The Morgan fingerprint density at radius 3 is 2.35 bits per heavy atom. The molecule has 0 heterocycles. The lowest BCUT2D eigenvalue weighted by Crippen LogP contribution is -2.15. The van der Waals surface area contributed by atoms with Crippen LogP contribution in [0.1, 0.15) is 37.3 Å². The molecule has 0 radical (unpaired) electrons. The van der Waals surface area contributed by atoms with Gasteiger partial charge in [0, 0.05) is 13.2 Å². The zero-order valence-corrected chi connectivity index (χ0v) is 11.3. The minimum atomic E-state index is 0.419. The summed E-state index contributed by atoms with van der Waals surface area (Å²) in [4.78, 5) is 0. The van der Waals surface area contributed by atoms with Crippen molar-refractivity contribution in [3.8, 4) is 0 Å². The predicted octanol–water partition coefficient (Wildman–Crippen LogP) is 3.10. The molecule has 0 bridgehead atoms. The summed E-state index contributed by atoms with van der Waals surface area (Å²) in [6.07, 6.45) is 1.01. The fourth-order valence-electron chi connectivity index (χ4n) is 1.80. The molecule has 0 aliphatic heterocycles. The molecule has 0 aromatic heterocycles. The average Bonchev–Trinajstić information content (AvgIpc) is 2.30. The van der Waals surface area contributed by atoms with Crippen molar-refractivity contribution in [1.82, 2.24) is 0 Å². The molecule has 17 heavy (non-hydrogen) atoms. The van der Waals surface area contributed by atoms with E-state index < -0.39 is 0 Å². The van der Waals surface area contributed by atoms with E-state index in [9.17, 15) is 0 Å². The number of rotatable bonds is 7. The van der Waals surface area contributed by atoms with E-state index in [1.807, 2.05) is 0 Å². The molecule has 0 amide bonds. The Kier molecular flexibility index (Phi) is 6.23. The van der Waals surface area contributed by atoms with Crippen LogP contribution in [0.15, 0.2) is 24.3 Å². The summed E-state index contributed by atoms with van der Waals surface area (Å²) in [7, 11) is 0. The summed E-state index contributed by atoms with van der Waals surface area (Å²) in [5.74, 6) is 1.02. The highest BCUT2D eigenvalue weighted by Gasteiger charge is 2.09. The molecular formula is C15H25NO. The van der Waals surface area contributed by atoms with Crippen LogP contribution in [0.25, 0.3) is 0 Å². The molecule has 96 valence electrons. The predicted molar refractivity (Wildman–Crippen MR) is 73.2 cm³/mol. The summed E-state index contributed by atoms with van der Waals surface area (Å²) in [6.45, 7) is 8.76. The quantitative estimate of drug-likeness (QED) is 0.737. The minimum absolute atomic E-state index is 0.419. The van der Waals surface area contributed by atoms with E-state index in [0.29, 0.717) is 18.4 Å². The van der Waals surface area contributed by atoms with Crippen molar-refractivity contribution in [3.63, 3.8) is 0 Å². The van der Waals surface area contributed by atoms with Gasteiger partial charge in [-0.2, -0.15) is 0 Å². The van der Waals surface area contributed by atoms with Crippen LogP contribution in [0.2, 0.25) is 0 Å². The molecule has 0 fully saturated rings. The standard InChI is InChI=1S/C15H25NO/c1-12(2)11-17-9-8-15(10-16)14-6-4-13(3)5-7-14/h4-7,12,15H,8-11,16H2,1-3H3. The summed E-state index contributed by atoms with van der Waals surface area (Å²) < 4.78 is 5.62. The molecule has 2 N–H and O–H groups in total. The fourth-order valence-corrected chi connectivity index (χ4v) is 1.80. The first-order valence-corrected chi connectivity index (χ1v) is 6.48. The Balaban J connectivity index is 2.40. The Labute approximate surface area is 105 Å². The van der Waals surface area contributed by atoms with Crippen molar-refractivity contribution in [2.75, 3.05) is 19.8 Å². The van der Waals surface area contributed by atoms with Crippen LogP contribution >= 0.6 is 0 Å². The van der Waals surface area contributed by atoms with E-state index in [4.69, 9.17) is 10.5 Å². The summed E-state index contributed by atoms with van der Waals surface area (Å²) in [5, 5.41) is 0. The molecule has 0 saturated heterocycles. The molecule has 0 aliphatic carbocycles. The average molecular weight is 235 g/mol. The van der Waals surface area contributed by atoms with Gasteiger partial charge in [-0.1, -0.05) is 43.7 Å². The number of benzene rings is 1. The smallest absolute Gasteiger partial charge is 0.0488 e. The fraction of sp³-hybridized carbons (Fsp3) is 0.600. The first-order valence-electron chi connectivity index (χ1n) is 6.48. The van der Waals surface area contributed by atoms with E-state index in [2.05, 4.69) is 45.0 Å². The largest absolute Gasteiger partial charge is 0.381 e. The molecule has 0 saturated carbocycles. The first-order chi connectivity index (χ1) is 8.13. The lowest BCUT2D eigenvalue weighted by molar-refractivity contribution is 0.104. The van der Waals surface area contributed by atoms with Gasteiger partial charge in [-0.05, 0) is 37.3 Å². The normalized spacial score (nSPS) is 13.0. The highest BCUT2D eigenvalue weighted by atomic mass is 16.5. The summed E-state index contributed by atoms with van der Waals surface area (Å²) in [5.41, 5.74) is 8.45. The van der Waals surface area contributed by atoms with Crippen LogP contribution in [0.3, 0.4) is 0 Å². The van der Waals surface area contributed by atoms with E-state index in [-0.39, 0.29) is 0 Å². The van der Waals surface area contributed by atoms with Gasteiger partial charge >= 0.3 is 0 Å². The van der Waals surface area contributed by atoms with Gasteiger partial charge in [-0.25, -0.2) is 0 Å². The van der Waals surface area contributed by atoms with Crippen LogP contribution in [0.4, 0.5) is 0 Å². The molecule has 1 rings (SSSR count). The third-order valence-electron chi connectivity index (χ3n) is 2.90. The molecule has 2 nitrogen and oxygen atoms in total. The number of ether oxygens (including phenoxy) is 1. The van der Waals surface area contributed by atoms with Crippen molar-refractivity contribution in [2.24, 2.45) is 11.7 Å². The summed E-state index contributed by atoms with van der Waals surface area (Å²) in [6, 6.07) is 8.64. The summed E-state index contributed by atoms with van der Waals surface area (Å²) >= 11 is 0. The van der Waals surface area contributed by atoms with Crippen molar-refractivity contribution < 1.29 is 4.74 Å². The number of hydrogen-bond acceptors (Lipinski definition) is 2. The molecule has 2 heteroatoms. The second-order valence-electron chi connectivity index (χ2n) is 5.10. The third-order valence-corrected chi connectivity index (χ3v) is 2.90. The van der Waals surface area contributed by atoms with E-state index >= 15 is 0 Å². The van der Waals surface area contributed by atoms with Crippen LogP contribution < -0.4 is 5.73 Å². The number of aryl methyl sites for hydroxylation is 1. The minimum Gasteiger partial charge on any atom is -0.381 e. The van der Waals surface area contributed by atoms with Gasteiger partial charge in [0.25, 0.3) is 0 Å². The van der Waals surface area contributed by atoms with Gasteiger partial charge in [0.1, 0.15) is 0 Å². The third kappa shape index (κ3) is 5.33. The van der Waals surface area contributed by atoms with Gasteiger partial charge in [-0.15, -0.1) is 0 Å². The van der Waals surface area contributed by atoms with Crippen molar-refractivity contribution in [1.29, 1.82) is 0 Å². The molecule has 1 atom stereocenters. The van der Waals surface area contributed by atoms with Crippen LogP contribution in [-0.4, -0.2) is 19.8 Å². The molecular weight excluding hydrogens is 210 g/mol. The number of nitrogens with two attached hydrogens (primary N) is 1. The van der Waals surface area contributed by atoms with Crippen LogP contribution in [0.5, 0.6) is 0 Å². The Bertz CT molecular complexity index is 305. The Morgan fingerprint density at radius 2 is 1.82 bits per heavy atom. The van der Waals surface area contributed by atoms with E-state index in [1.165, 1.54) is 11.1 Å². The first kappa shape index (κ1) is 14.2. The van der Waals surface area contributed by atoms with Gasteiger partial charge in [0.05, 0.1) is 0 Å². The highest BCUT2D eigenvalue weighted by Crippen LogP contribution is 2.19. The highest BCUT2D eigenvalue weighted by molar-refractivity contribution is 5.24. The van der Waals surface area contributed by atoms with Crippen molar-refractivity contribution in [2.45, 2.75) is 33.1 Å². The van der Waals surface area contributed by atoms with Crippen LogP contribution in [-0.2, 0) is 4.74 Å². The van der Waals surface area contributed by atoms with Crippen LogP contribution in [0, 0.1) is 12.8 Å². The maximum Gasteiger partial charge on any atom is 0.0488 e.